The number of hydrogen-bond donors (Lipinski definition) is 2. The van der Waals surface area contributed by atoms with E-state index in [1.165, 1.54) is 6.42 Å². The van der Waals surface area contributed by atoms with Crippen molar-refractivity contribution in [3.8, 4) is 5.75 Å². The van der Waals surface area contributed by atoms with Gasteiger partial charge in [0.15, 0.2) is 0 Å². The Bertz CT molecular complexity index is 457. The van der Waals surface area contributed by atoms with Crippen LogP contribution >= 0.6 is 12.2 Å². The van der Waals surface area contributed by atoms with Crippen LogP contribution in [0.2, 0.25) is 0 Å². The Morgan fingerprint density at radius 1 is 1.53 bits per heavy atom. The molecule has 1 aromatic rings. The van der Waals surface area contributed by atoms with Crippen LogP contribution in [-0.2, 0) is 0 Å². The maximum atomic E-state index is 5.72. The lowest BCUT2D eigenvalue weighted by Crippen LogP contribution is -2.16. The van der Waals surface area contributed by atoms with Gasteiger partial charge >= 0.3 is 0 Å². The van der Waals surface area contributed by atoms with Gasteiger partial charge in [0.1, 0.15) is 10.7 Å². The highest BCUT2D eigenvalue weighted by atomic mass is 32.1. The fourth-order valence-corrected chi connectivity index (χ4v) is 2.06. The van der Waals surface area contributed by atoms with Gasteiger partial charge in [0.25, 0.3) is 0 Å². The van der Waals surface area contributed by atoms with Crippen molar-refractivity contribution in [2.75, 3.05) is 12.4 Å². The van der Waals surface area contributed by atoms with Crippen molar-refractivity contribution in [1.82, 2.24) is 0 Å². The molecule has 3 nitrogen and oxygen atoms in total. The Kier molecular flexibility index (Phi) is 3.00. The third kappa shape index (κ3) is 2.52. The highest BCUT2D eigenvalue weighted by molar-refractivity contribution is 7.80. The number of ether oxygens (including phenoxy) is 1. The molecule has 0 aliphatic heterocycles. The molecule has 1 aromatic carbocycles. The quantitative estimate of drug-likeness (QED) is 0.806. The molecule has 2 rings (SSSR count). The Morgan fingerprint density at radius 3 is 2.65 bits per heavy atom. The molecule has 0 saturated heterocycles. The average Bonchev–Trinajstić information content (AvgIpc) is 2.85. The molecule has 0 radical (unpaired) electrons. The summed E-state index contributed by atoms with van der Waals surface area (Å²) in [4.78, 5) is 0.411. The summed E-state index contributed by atoms with van der Waals surface area (Å²) >= 11 is 5.06. The van der Waals surface area contributed by atoms with E-state index in [0.29, 0.717) is 16.4 Å². The number of rotatable bonds is 4. The van der Waals surface area contributed by atoms with Crippen molar-refractivity contribution >= 4 is 22.9 Å². The first-order valence-electron chi connectivity index (χ1n) is 5.68. The van der Waals surface area contributed by atoms with Crippen LogP contribution in [-0.4, -0.2) is 18.1 Å². The monoisotopic (exact) mass is 250 g/mol. The van der Waals surface area contributed by atoms with Crippen molar-refractivity contribution in [2.24, 2.45) is 11.1 Å². The van der Waals surface area contributed by atoms with Crippen molar-refractivity contribution < 1.29 is 4.74 Å². The molecule has 0 bridgehead atoms. The Balaban J connectivity index is 2.26. The molecule has 1 atom stereocenters. The molecule has 17 heavy (non-hydrogen) atoms. The lowest BCUT2D eigenvalue weighted by molar-refractivity contribution is 0.415. The molecule has 4 heteroatoms. The van der Waals surface area contributed by atoms with Gasteiger partial charge in [0.05, 0.1) is 7.11 Å². The number of anilines is 1. The van der Waals surface area contributed by atoms with Gasteiger partial charge < -0.3 is 15.8 Å². The maximum absolute atomic E-state index is 5.72. The molecule has 0 aromatic heterocycles. The lowest BCUT2D eigenvalue weighted by atomic mass is 10.1. The van der Waals surface area contributed by atoms with Gasteiger partial charge in [-0.3, -0.25) is 0 Å². The molecule has 92 valence electrons. The SMILES string of the molecule is COc1ccc(C(N)=S)c(NC2CC2(C)C)c1. The van der Waals surface area contributed by atoms with Crippen LogP contribution in [0, 0.1) is 5.41 Å². The molecule has 1 aliphatic rings. The summed E-state index contributed by atoms with van der Waals surface area (Å²) in [6.45, 7) is 4.48. The molecular formula is C13H18N2OS. The van der Waals surface area contributed by atoms with Crippen molar-refractivity contribution in [2.45, 2.75) is 26.3 Å². The number of benzene rings is 1. The molecule has 0 heterocycles. The van der Waals surface area contributed by atoms with Crippen molar-refractivity contribution in [3.63, 3.8) is 0 Å². The fourth-order valence-electron chi connectivity index (χ4n) is 1.89. The average molecular weight is 250 g/mol. The van der Waals surface area contributed by atoms with E-state index >= 15 is 0 Å². The van der Waals surface area contributed by atoms with Crippen LogP contribution in [0.15, 0.2) is 18.2 Å². The summed E-state index contributed by atoms with van der Waals surface area (Å²) in [5, 5.41) is 3.48. The number of methoxy groups -OCH3 is 1. The van der Waals surface area contributed by atoms with Crippen LogP contribution in [0.4, 0.5) is 5.69 Å². The van der Waals surface area contributed by atoms with Gasteiger partial charge in [-0.1, -0.05) is 26.1 Å². The molecular weight excluding hydrogens is 232 g/mol. The number of nitrogens with two attached hydrogens (primary N) is 1. The van der Waals surface area contributed by atoms with Crippen LogP contribution in [0.1, 0.15) is 25.8 Å². The topological polar surface area (TPSA) is 47.3 Å². The first kappa shape index (κ1) is 12.2. The molecule has 0 spiro atoms. The largest absolute Gasteiger partial charge is 0.497 e. The van der Waals surface area contributed by atoms with Gasteiger partial charge in [-0.05, 0) is 24.0 Å². The standard InChI is InChI=1S/C13H18N2OS/c1-13(2)7-11(13)15-10-6-8(16-3)4-5-9(10)12(14)17/h4-6,11,15H,7H2,1-3H3,(H2,14,17). The van der Waals surface area contributed by atoms with Crippen molar-refractivity contribution in [1.29, 1.82) is 0 Å². The smallest absolute Gasteiger partial charge is 0.120 e. The number of thiocarbonyl (C=S) groups is 1. The minimum Gasteiger partial charge on any atom is -0.497 e. The second kappa shape index (κ2) is 4.18. The summed E-state index contributed by atoms with van der Waals surface area (Å²) in [5.41, 5.74) is 7.92. The van der Waals surface area contributed by atoms with Gasteiger partial charge in [-0.2, -0.15) is 0 Å². The molecule has 1 saturated carbocycles. The van der Waals surface area contributed by atoms with E-state index < -0.39 is 0 Å². The normalized spacial score (nSPS) is 20.8. The Hall–Kier alpha value is -1.29. The van der Waals surface area contributed by atoms with E-state index in [1.54, 1.807) is 7.11 Å². The third-order valence-electron chi connectivity index (χ3n) is 3.34. The third-order valence-corrected chi connectivity index (χ3v) is 3.56. The zero-order chi connectivity index (χ0) is 12.6. The van der Waals surface area contributed by atoms with Crippen LogP contribution in [0.5, 0.6) is 5.75 Å². The second-order valence-corrected chi connectivity index (χ2v) is 5.61. The first-order chi connectivity index (χ1) is 7.94. The zero-order valence-electron chi connectivity index (χ0n) is 10.4. The van der Waals surface area contributed by atoms with Crippen LogP contribution in [0.25, 0.3) is 0 Å². The molecule has 1 fully saturated rings. The Morgan fingerprint density at radius 2 is 2.18 bits per heavy atom. The zero-order valence-corrected chi connectivity index (χ0v) is 11.2. The summed E-state index contributed by atoms with van der Waals surface area (Å²) in [7, 11) is 1.65. The van der Waals surface area contributed by atoms with Crippen molar-refractivity contribution in [3.05, 3.63) is 23.8 Å². The Labute approximate surface area is 107 Å². The first-order valence-corrected chi connectivity index (χ1v) is 6.09. The fraction of sp³-hybridized carbons (Fsp3) is 0.462. The predicted molar refractivity (Wildman–Crippen MR) is 74.7 cm³/mol. The minimum atomic E-state index is 0.358. The van der Waals surface area contributed by atoms with Crippen LogP contribution < -0.4 is 15.8 Å². The predicted octanol–water partition coefficient (Wildman–Crippen LogP) is 2.54. The van der Waals surface area contributed by atoms with E-state index in [-0.39, 0.29) is 0 Å². The van der Waals surface area contributed by atoms with E-state index in [4.69, 9.17) is 22.7 Å². The lowest BCUT2D eigenvalue weighted by Gasteiger charge is -2.14. The maximum Gasteiger partial charge on any atom is 0.120 e. The van der Waals surface area contributed by atoms with Gasteiger partial charge in [-0.25, -0.2) is 0 Å². The van der Waals surface area contributed by atoms with E-state index in [1.807, 2.05) is 18.2 Å². The highest BCUT2D eigenvalue weighted by Gasteiger charge is 2.45. The minimum absolute atomic E-state index is 0.358. The molecule has 0 amide bonds. The molecule has 1 aliphatic carbocycles. The van der Waals surface area contributed by atoms with Gasteiger partial charge in [-0.15, -0.1) is 0 Å². The van der Waals surface area contributed by atoms with E-state index in [0.717, 1.165) is 17.0 Å². The van der Waals surface area contributed by atoms with Gasteiger partial charge in [0.2, 0.25) is 0 Å². The highest BCUT2D eigenvalue weighted by Crippen LogP contribution is 2.47. The summed E-state index contributed by atoms with van der Waals surface area (Å²) in [6.07, 6.45) is 1.17. The molecule has 1 unspecified atom stereocenters. The van der Waals surface area contributed by atoms with E-state index in [2.05, 4.69) is 19.2 Å². The summed E-state index contributed by atoms with van der Waals surface area (Å²) in [6, 6.07) is 6.21. The number of hydrogen-bond acceptors (Lipinski definition) is 3. The van der Waals surface area contributed by atoms with Gasteiger partial charge in [0, 0.05) is 23.4 Å². The van der Waals surface area contributed by atoms with E-state index in [9.17, 15) is 0 Å². The van der Waals surface area contributed by atoms with Crippen LogP contribution in [0.3, 0.4) is 0 Å². The summed E-state index contributed by atoms with van der Waals surface area (Å²) < 4.78 is 5.22. The summed E-state index contributed by atoms with van der Waals surface area (Å²) in [5.74, 6) is 0.811. The molecule has 3 N–H and O–H groups in total. The number of nitrogens with one attached hydrogen (secondary N) is 1. The second-order valence-electron chi connectivity index (χ2n) is 5.17.